The van der Waals surface area contributed by atoms with E-state index in [2.05, 4.69) is 36.2 Å². The topological polar surface area (TPSA) is 97.6 Å². The molecule has 0 aliphatic rings. The molecule has 14 heavy (non-hydrogen) atoms. The maximum Gasteiger partial charge on any atom is 0.318 e. The third-order valence-electron chi connectivity index (χ3n) is 1.25. The zero-order valence-electron chi connectivity index (χ0n) is 6.59. The summed E-state index contributed by atoms with van der Waals surface area (Å²) in [5, 5.41) is 8.90. The first kappa shape index (κ1) is 8.70. The maximum absolute atomic E-state index is 9.03. The van der Waals surface area contributed by atoms with Gasteiger partial charge >= 0.3 is 6.01 Å². The number of hydrogen-bond acceptors (Lipinski definition) is 7. The Bertz CT molecular complexity index is 429. The fourth-order valence-corrected chi connectivity index (χ4v) is 0.917. The molecule has 2 aromatic heterocycles. The fraction of sp³-hybridized carbons (Fsp3) is 0. The van der Waals surface area contributed by atoms with E-state index in [1.807, 2.05) is 0 Å². The summed E-state index contributed by atoms with van der Waals surface area (Å²) < 4.78 is 0. The molecule has 69 valence electrons. The van der Waals surface area contributed by atoms with Gasteiger partial charge in [0.1, 0.15) is 6.33 Å². The predicted octanol–water partition coefficient (Wildman–Crippen LogP) is -0.117. The SMILES string of the molecule is Oc1nc(Cl)nc(-c2n[c]ncn2)n1. The third-order valence-corrected chi connectivity index (χ3v) is 1.42. The van der Waals surface area contributed by atoms with Crippen molar-refractivity contribution in [2.75, 3.05) is 0 Å². The minimum Gasteiger partial charge on any atom is -0.479 e. The number of aromatic nitrogens is 6. The largest absolute Gasteiger partial charge is 0.479 e. The predicted molar refractivity (Wildman–Crippen MR) is 44.2 cm³/mol. The standard InChI is InChI=1S/C6H2ClN6O/c7-5-11-4(12-6(14)13-5)3-9-1-8-2-10-3/h1H,(H,11,12,13,14). The first-order valence-electron chi connectivity index (χ1n) is 3.42. The molecule has 0 saturated heterocycles. The van der Waals surface area contributed by atoms with Gasteiger partial charge in [-0.05, 0) is 11.6 Å². The van der Waals surface area contributed by atoms with Gasteiger partial charge < -0.3 is 5.11 Å². The van der Waals surface area contributed by atoms with Crippen molar-refractivity contribution in [2.24, 2.45) is 0 Å². The van der Waals surface area contributed by atoms with Crippen molar-refractivity contribution in [3.05, 3.63) is 17.9 Å². The lowest BCUT2D eigenvalue weighted by atomic mass is 10.5. The molecule has 0 fully saturated rings. The van der Waals surface area contributed by atoms with E-state index in [0.717, 1.165) is 0 Å². The summed E-state index contributed by atoms with van der Waals surface area (Å²) in [4.78, 5) is 21.6. The fourth-order valence-electron chi connectivity index (χ4n) is 0.762. The number of aromatic hydroxyl groups is 1. The molecule has 0 aliphatic carbocycles. The molecule has 2 rings (SSSR count). The van der Waals surface area contributed by atoms with Crippen molar-refractivity contribution < 1.29 is 5.11 Å². The van der Waals surface area contributed by atoms with E-state index in [4.69, 9.17) is 16.7 Å². The molecule has 2 heterocycles. The molecule has 0 unspecified atom stereocenters. The maximum atomic E-state index is 9.03. The first-order chi connectivity index (χ1) is 6.75. The molecular formula is C6H2ClN6O. The number of hydrogen-bond donors (Lipinski definition) is 1. The molecule has 7 nitrogen and oxygen atoms in total. The molecule has 2 aromatic rings. The molecule has 1 radical (unpaired) electrons. The summed E-state index contributed by atoms with van der Waals surface area (Å²) in [7, 11) is 0. The van der Waals surface area contributed by atoms with Crippen molar-refractivity contribution in [3.63, 3.8) is 0 Å². The quantitative estimate of drug-likeness (QED) is 0.699. The van der Waals surface area contributed by atoms with E-state index in [1.165, 1.54) is 6.33 Å². The molecule has 0 saturated carbocycles. The first-order valence-corrected chi connectivity index (χ1v) is 3.79. The zero-order valence-corrected chi connectivity index (χ0v) is 7.34. The van der Waals surface area contributed by atoms with E-state index in [0.29, 0.717) is 0 Å². The van der Waals surface area contributed by atoms with E-state index in [1.54, 1.807) is 0 Å². The Morgan fingerprint density at radius 3 is 2.71 bits per heavy atom. The van der Waals surface area contributed by atoms with E-state index in [-0.39, 0.29) is 16.9 Å². The minimum absolute atomic E-state index is 0.0705. The Labute approximate surface area is 82.9 Å². The van der Waals surface area contributed by atoms with Gasteiger partial charge in [0.15, 0.2) is 0 Å². The monoisotopic (exact) mass is 209 g/mol. The van der Waals surface area contributed by atoms with E-state index in [9.17, 15) is 0 Å². The van der Waals surface area contributed by atoms with Crippen molar-refractivity contribution in [3.8, 4) is 17.7 Å². The van der Waals surface area contributed by atoms with Crippen molar-refractivity contribution in [1.82, 2.24) is 29.9 Å². The van der Waals surface area contributed by atoms with Crippen LogP contribution in [0.4, 0.5) is 0 Å². The van der Waals surface area contributed by atoms with Crippen LogP contribution < -0.4 is 0 Å². The van der Waals surface area contributed by atoms with Crippen molar-refractivity contribution in [2.45, 2.75) is 0 Å². The molecule has 0 atom stereocenters. The third kappa shape index (κ3) is 1.72. The molecular weight excluding hydrogens is 208 g/mol. The van der Waals surface area contributed by atoms with Crippen LogP contribution in [-0.4, -0.2) is 35.0 Å². The molecule has 0 aromatic carbocycles. The number of rotatable bonds is 1. The summed E-state index contributed by atoms with van der Waals surface area (Å²) in [5.41, 5.74) is 0. The van der Waals surface area contributed by atoms with Crippen LogP contribution >= 0.6 is 11.6 Å². The normalized spacial score (nSPS) is 10.1. The summed E-state index contributed by atoms with van der Waals surface area (Å²) >= 11 is 5.50. The molecule has 0 spiro atoms. The Morgan fingerprint density at radius 1 is 1.21 bits per heavy atom. The summed E-state index contributed by atoms with van der Waals surface area (Å²) in [6.07, 6.45) is 3.54. The van der Waals surface area contributed by atoms with Crippen LogP contribution in [0.15, 0.2) is 6.33 Å². The van der Waals surface area contributed by atoms with Crippen LogP contribution in [0.2, 0.25) is 5.28 Å². The van der Waals surface area contributed by atoms with Crippen LogP contribution in [-0.2, 0) is 0 Å². The van der Waals surface area contributed by atoms with E-state index >= 15 is 0 Å². The molecule has 8 heteroatoms. The van der Waals surface area contributed by atoms with Gasteiger partial charge in [0.2, 0.25) is 23.3 Å². The Morgan fingerprint density at radius 2 is 2.07 bits per heavy atom. The summed E-state index contributed by atoms with van der Waals surface area (Å²) in [5.74, 6) is 0.237. The Kier molecular flexibility index (Phi) is 2.15. The average molecular weight is 210 g/mol. The van der Waals surface area contributed by atoms with Gasteiger partial charge in [0.05, 0.1) is 0 Å². The lowest BCUT2D eigenvalue weighted by Gasteiger charge is -1.96. The van der Waals surface area contributed by atoms with Crippen LogP contribution in [0.1, 0.15) is 0 Å². The highest BCUT2D eigenvalue weighted by molar-refractivity contribution is 6.28. The second-order valence-electron chi connectivity index (χ2n) is 2.14. The lowest BCUT2D eigenvalue weighted by molar-refractivity contribution is 0.428. The van der Waals surface area contributed by atoms with Crippen molar-refractivity contribution in [1.29, 1.82) is 0 Å². The van der Waals surface area contributed by atoms with Crippen molar-refractivity contribution >= 4 is 11.6 Å². The zero-order chi connectivity index (χ0) is 9.97. The summed E-state index contributed by atoms with van der Waals surface area (Å²) in [6.45, 7) is 0. The lowest BCUT2D eigenvalue weighted by Crippen LogP contribution is -1.97. The van der Waals surface area contributed by atoms with Crippen LogP contribution in [0.25, 0.3) is 11.6 Å². The highest BCUT2D eigenvalue weighted by Gasteiger charge is 2.08. The Hall–Kier alpha value is -1.89. The van der Waals surface area contributed by atoms with E-state index < -0.39 is 6.01 Å². The van der Waals surface area contributed by atoms with Gasteiger partial charge in [0.25, 0.3) is 0 Å². The van der Waals surface area contributed by atoms with Crippen LogP contribution in [0.5, 0.6) is 6.01 Å². The van der Waals surface area contributed by atoms with Crippen LogP contribution in [0, 0.1) is 6.33 Å². The minimum atomic E-state index is -0.486. The number of halogens is 1. The Balaban J connectivity index is 2.52. The highest BCUT2D eigenvalue weighted by Crippen LogP contribution is 2.12. The van der Waals surface area contributed by atoms with Crippen LogP contribution in [0.3, 0.4) is 0 Å². The second-order valence-corrected chi connectivity index (χ2v) is 2.48. The highest BCUT2D eigenvalue weighted by atomic mass is 35.5. The van der Waals surface area contributed by atoms with Gasteiger partial charge in [-0.1, -0.05) is 0 Å². The molecule has 0 amide bonds. The average Bonchev–Trinajstić information content (AvgIpc) is 2.18. The van der Waals surface area contributed by atoms with Gasteiger partial charge in [-0.25, -0.2) is 15.0 Å². The van der Waals surface area contributed by atoms with Gasteiger partial charge in [-0.2, -0.15) is 15.0 Å². The molecule has 0 bridgehead atoms. The summed E-state index contributed by atoms with van der Waals surface area (Å²) in [6, 6.07) is -0.486. The van der Waals surface area contributed by atoms with Gasteiger partial charge in [0, 0.05) is 0 Å². The molecule has 1 N–H and O–H groups in total. The smallest absolute Gasteiger partial charge is 0.318 e. The number of nitrogens with zero attached hydrogens (tertiary/aromatic N) is 6. The second kappa shape index (κ2) is 3.46. The van der Waals surface area contributed by atoms with Gasteiger partial charge in [-0.3, -0.25) is 0 Å². The molecule has 0 aliphatic heterocycles. The van der Waals surface area contributed by atoms with Gasteiger partial charge in [-0.15, -0.1) is 0 Å².